The highest BCUT2D eigenvalue weighted by molar-refractivity contribution is 5.11. The number of hydrogen-bond acceptors (Lipinski definition) is 1. The van der Waals surface area contributed by atoms with E-state index in [0.717, 1.165) is 30.9 Å². The fourth-order valence-corrected chi connectivity index (χ4v) is 1.62. The Morgan fingerprint density at radius 1 is 1.46 bits per heavy atom. The van der Waals surface area contributed by atoms with Crippen molar-refractivity contribution in [3.8, 4) is 0 Å². The highest BCUT2D eigenvalue weighted by atomic mass is 14.5. The Morgan fingerprint density at radius 2 is 2.15 bits per heavy atom. The van der Waals surface area contributed by atoms with Crippen LogP contribution in [0.3, 0.4) is 0 Å². The quantitative estimate of drug-likeness (QED) is 0.571. The van der Waals surface area contributed by atoms with Crippen LogP contribution in [0.2, 0.25) is 0 Å². The monoisotopic (exact) mass is 181 g/mol. The summed E-state index contributed by atoms with van der Waals surface area (Å²) in [6.45, 7) is 10.7. The Bertz CT molecular complexity index is 149. The maximum Gasteiger partial charge on any atom is -0.00772 e. The molecule has 0 amide bonds. The largest absolute Gasteiger partial charge is 0.330 e. The molecule has 1 nitrogen and oxygen atoms in total. The number of nitrogens with two attached hydrogens (primary N) is 1. The molecule has 0 saturated heterocycles. The molecule has 76 valence electrons. The fourth-order valence-electron chi connectivity index (χ4n) is 1.62. The van der Waals surface area contributed by atoms with Gasteiger partial charge in [0, 0.05) is 0 Å². The molecular weight excluding hydrogens is 158 g/mol. The third kappa shape index (κ3) is 6.59. The van der Waals surface area contributed by atoms with Crippen LogP contribution in [0.1, 0.15) is 39.0 Å². The third-order valence-electron chi connectivity index (χ3n) is 2.35. The van der Waals surface area contributed by atoms with Crippen LogP contribution < -0.4 is 5.73 Å². The van der Waals surface area contributed by atoms with E-state index in [-0.39, 0.29) is 0 Å². The molecule has 0 aromatic carbocycles. The molecule has 1 heteroatoms. The summed E-state index contributed by atoms with van der Waals surface area (Å²) in [5.41, 5.74) is 6.66. The summed E-state index contributed by atoms with van der Waals surface area (Å²) in [5, 5.41) is 0. The van der Waals surface area contributed by atoms with Crippen LogP contribution in [0.4, 0.5) is 0 Å². The van der Waals surface area contributed by atoms with Crippen LogP contribution in [-0.4, -0.2) is 6.54 Å². The lowest BCUT2D eigenvalue weighted by Crippen LogP contribution is -2.06. The Balaban J connectivity index is 3.78. The van der Waals surface area contributed by atoms with Gasteiger partial charge in [0.15, 0.2) is 0 Å². The van der Waals surface area contributed by atoms with Gasteiger partial charge in [0.25, 0.3) is 0 Å². The first kappa shape index (κ1) is 12.4. The topological polar surface area (TPSA) is 26.0 Å². The van der Waals surface area contributed by atoms with Crippen molar-refractivity contribution < 1.29 is 0 Å². The molecule has 0 bridgehead atoms. The number of hydrogen-bond donors (Lipinski definition) is 1. The summed E-state index contributed by atoms with van der Waals surface area (Å²) in [7, 11) is 0. The maximum absolute atomic E-state index is 5.49. The van der Waals surface area contributed by atoms with E-state index in [4.69, 9.17) is 5.73 Å². The minimum absolute atomic E-state index is 0.763. The molecule has 0 aromatic heterocycles. The second-order valence-corrected chi connectivity index (χ2v) is 3.65. The van der Waals surface area contributed by atoms with Gasteiger partial charge in [-0.2, -0.15) is 0 Å². The molecule has 0 radical (unpaired) electrons. The van der Waals surface area contributed by atoms with Crippen molar-refractivity contribution in [1.29, 1.82) is 0 Å². The van der Waals surface area contributed by atoms with Crippen molar-refractivity contribution in [2.75, 3.05) is 6.54 Å². The zero-order valence-electron chi connectivity index (χ0n) is 8.89. The first-order valence-corrected chi connectivity index (χ1v) is 5.24. The summed E-state index contributed by atoms with van der Waals surface area (Å²) in [6, 6.07) is 0. The molecule has 0 fully saturated rings. The van der Waals surface area contributed by atoms with Gasteiger partial charge in [-0.25, -0.2) is 0 Å². The number of rotatable bonds is 8. The normalized spacial score (nSPS) is 12.5. The molecule has 13 heavy (non-hydrogen) atoms. The van der Waals surface area contributed by atoms with E-state index in [1.807, 2.05) is 6.08 Å². The molecule has 0 spiro atoms. The lowest BCUT2D eigenvalue weighted by Gasteiger charge is -2.15. The van der Waals surface area contributed by atoms with Gasteiger partial charge in [0.1, 0.15) is 0 Å². The van der Waals surface area contributed by atoms with Gasteiger partial charge >= 0.3 is 0 Å². The van der Waals surface area contributed by atoms with Crippen LogP contribution in [0, 0.1) is 5.92 Å². The SMILES string of the molecule is C=CC(=C)CC(CCC)CCCN. The van der Waals surface area contributed by atoms with Gasteiger partial charge in [-0.3, -0.25) is 0 Å². The second kappa shape index (κ2) is 8.06. The van der Waals surface area contributed by atoms with Crippen LogP contribution in [0.5, 0.6) is 0 Å². The van der Waals surface area contributed by atoms with E-state index in [2.05, 4.69) is 20.1 Å². The molecule has 0 aliphatic rings. The minimum Gasteiger partial charge on any atom is -0.330 e. The molecule has 0 saturated carbocycles. The molecule has 0 aliphatic carbocycles. The highest BCUT2D eigenvalue weighted by Crippen LogP contribution is 2.21. The van der Waals surface area contributed by atoms with Gasteiger partial charge in [0.2, 0.25) is 0 Å². The molecule has 0 heterocycles. The summed E-state index contributed by atoms with van der Waals surface area (Å²) < 4.78 is 0. The molecular formula is C12H23N. The lowest BCUT2D eigenvalue weighted by molar-refractivity contribution is 0.434. The molecule has 1 unspecified atom stereocenters. The summed E-state index contributed by atoms with van der Waals surface area (Å²) in [5.74, 6) is 0.763. The van der Waals surface area contributed by atoms with E-state index >= 15 is 0 Å². The third-order valence-corrected chi connectivity index (χ3v) is 2.35. The van der Waals surface area contributed by atoms with Crippen molar-refractivity contribution >= 4 is 0 Å². The predicted octanol–water partition coefficient (Wildman–Crippen LogP) is 3.27. The van der Waals surface area contributed by atoms with E-state index in [9.17, 15) is 0 Å². The Morgan fingerprint density at radius 3 is 2.62 bits per heavy atom. The average molecular weight is 181 g/mol. The Hall–Kier alpha value is -0.560. The smallest absolute Gasteiger partial charge is 0.00772 e. The van der Waals surface area contributed by atoms with Gasteiger partial charge in [0.05, 0.1) is 0 Å². The summed E-state index contributed by atoms with van der Waals surface area (Å²) >= 11 is 0. The summed E-state index contributed by atoms with van der Waals surface area (Å²) in [6.07, 6.45) is 7.86. The van der Waals surface area contributed by atoms with E-state index < -0.39 is 0 Å². The van der Waals surface area contributed by atoms with Gasteiger partial charge < -0.3 is 5.73 Å². The van der Waals surface area contributed by atoms with Crippen molar-refractivity contribution in [1.82, 2.24) is 0 Å². The zero-order valence-corrected chi connectivity index (χ0v) is 8.89. The fraction of sp³-hybridized carbons (Fsp3) is 0.667. The molecule has 0 aliphatic heterocycles. The molecule has 2 N–H and O–H groups in total. The average Bonchev–Trinajstić information content (AvgIpc) is 2.14. The van der Waals surface area contributed by atoms with Crippen molar-refractivity contribution in [3.63, 3.8) is 0 Å². The summed E-state index contributed by atoms with van der Waals surface area (Å²) in [4.78, 5) is 0. The van der Waals surface area contributed by atoms with Crippen molar-refractivity contribution in [2.24, 2.45) is 11.7 Å². The first-order valence-electron chi connectivity index (χ1n) is 5.24. The Labute approximate surface area is 82.7 Å². The minimum atomic E-state index is 0.763. The van der Waals surface area contributed by atoms with Crippen LogP contribution in [0.25, 0.3) is 0 Å². The van der Waals surface area contributed by atoms with Gasteiger partial charge in [-0.15, -0.1) is 0 Å². The van der Waals surface area contributed by atoms with Gasteiger partial charge in [-0.05, 0) is 31.7 Å². The Kier molecular flexibility index (Phi) is 7.71. The van der Waals surface area contributed by atoms with Gasteiger partial charge in [-0.1, -0.05) is 44.6 Å². The van der Waals surface area contributed by atoms with Crippen LogP contribution >= 0.6 is 0 Å². The van der Waals surface area contributed by atoms with Crippen LogP contribution in [0.15, 0.2) is 24.8 Å². The van der Waals surface area contributed by atoms with E-state index in [1.54, 1.807) is 0 Å². The predicted molar refractivity (Wildman–Crippen MR) is 60.6 cm³/mol. The zero-order chi connectivity index (χ0) is 10.1. The molecule has 0 rings (SSSR count). The molecule has 1 atom stereocenters. The van der Waals surface area contributed by atoms with Crippen molar-refractivity contribution in [3.05, 3.63) is 24.8 Å². The molecule has 0 aromatic rings. The highest BCUT2D eigenvalue weighted by Gasteiger charge is 2.07. The van der Waals surface area contributed by atoms with E-state index in [1.165, 1.54) is 19.3 Å². The van der Waals surface area contributed by atoms with Crippen molar-refractivity contribution in [2.45, 2.75) is 39.0 Å². The van der Waals surface area contributed by atoms with E-state index in [0.29, 0.717) is 0 Å². The first-order chi connectivity index (χ1) is 6.24. The standard InChI is InChI=1S/C12H23N/c1-4-7-12(8-6-9-13)10-11(3)5-2/h5,12H,2-4,6-10,13H2,1H3. The number of allylic oxidation sites excluding steroid dienone is 2. The lowest BCUT2D eigenvalue weighted by atomic mass is 9.91. The van der Waals surface area contributed by atoms with Crippen LogP contribution in [-0.2, 0) is 0 Å². The second-order valence-electron chi connectivity index (χ2n) is 3.65. The maximum atomic E-state index is 5.49.